The molecule has 2 aliphatic rings. The molecule has 1 aliphatic carbocycles. The zero-order valence-corrected chi connectivity index (χ0v) is 34.3. The summed E-state index contributed by atoms with van der Waals surface area (Å²) in [6.07, 6.45) is 11.7. The molecule has 0 radical (unpaired) electrons. The van der Waals surface area contributed by atoms with Crippen molar-refractivity contribution >= 4 is 30.1 Å². The first-order chi connectivity index (χ1) is 25.0. The van der Waals surface area contributed by atoms with Crippen molar-refractivity contribution in [2.24, 2.45) is 0 Å². The number of fused-ring (bicyclic) bond motifs is 1. The molecule has 1 saturated heterocycles. The van der Waals surface area contributed by atoms with Crippen LogP contribution >= 0.6 is 0 Å². The van der Waals surface area contributed by atoms with Crippen molar-refractivity contribution in [2.45, 2.75) is 121 Å². The van der Waals surface area contributed by atoms with E-state index >= 15 is 0 Å². The van der Waals surface area contributed by atoms with E-state index in [1.54, 1.807) is 0 Å². The van der Waals surface area contributed by atoms with E-state index in [1.165, 1.54) is 68.5 Å². The molecule has 3 atom stereocenters. The summed E-state index contributed by atoms with van der Waals surface area (Å²) in [6.45, 7) is 9.99. The molecule has 270 valence electrons. The third-order valence-corrected chi connectivity index (χ3v) is 28.8. The van der Waals surface area contributed by atoms with E-state index in [9.17, 15) is 9.59 Å². The Hall–Kier alpha value is -3.16. The fraction of sp³-hybridized carbons (Fsp3) is 0.467. The van der Waals surface area contributed by atoms with Gasteiger partial charge in [-0.25, -0.2) is 0 Å². The number of aromatic nitrogens is 1. The van der Waals surface area contributed by atoms with Crippen molar-refractivity contribution in [3.8, 4) is 0 Å². The molecular weight excluding hydrogens is 735 g/mol. The van der Waals surface area contributed by atoms with Gasteiger partial charge in [-0.2, -0.15) is 0 Å². The predicted molar refractivity (Wildman–Crippen MR) is 211 cm³/mol. The van der Waals surface area contributed by atoms with Crippen LogP contribution in [0.5, 0.6) is 0 Å². The number of esters is 1. The Kier molecular flexibility index (Phi) is 12.6. The number of nitrogens with zero attached hydrogens (tertiary/aromatic N) is 2. The van der Waals surface area contributed by atoms with Crippen molar-refractivity contribution in [1.29, 1.82) is 0 Å². The van der Waals surface area contributed by atoms with Crippen LogP contribution in [0.25, 0.3) is 0 Å². The molecule has 1 aliphatic heterocycles. The van der Waals surface area contributed by atoms with E-state index in [1.807, 2.05) is 13.1 Å². The number of carbonyl (C=O) groups excluding carboxylic acids is 2. The summed E-state index contributed by atoms with van der Waals surface area (Å²) in [6, 6.07) is 33.9. The summed E-state index contributed by atoms with van der Waals surface area (Å²) in [5.41, 5.74) is 5.51. The number of rotatable bonds is 18. The van der Waals surface area contributed by atoms with Crippen molar-refractivity contribution in [2.75, 3.05) is 6.61 Å². The normalized spacial score (nSPS) is 18.7. The molecule has 2 heterocycles. The second-order valence-corrected chi connectivity index (χ2v) is 28.7. The topological polar surface area (TPSA) is 51.3 Å². The van der Waals surface area contributed by atoms with Gasteiger partial charge in [-0.15, -0.1) is 0 Å². The van der Waals surface area contributed by atoms with Crippen LogP contribution in [0.4, 0.5) is 0 Å². The van der Waals surface area contributed by atoms with E-state index in [0.29, 0.717) is 28.2 Å². The number of ether oxygens (including phenoxy) is 1. The minimum atomic E-state index is -2.99. The van der Waals surface area contributed by atoms with Gasteiger partial charge in [0.25, 0.3) is 0 Å². The molecular formula is C45H58N2O3Sn. The van der Waals surface area contributed by atoms with Crippen LogP contribution in [-0.2, 0) is 23.2 Å². The second kappa shape index (κ2) is 17.1. The fourth-order valence-electron chi connectivity index (χ4n) is 9.47. The minimum absolute atomic E-state index is 0.0804. The Morgan fingerprint density at radius 2 is 1.24 bits per heavy atom. The average molecular weight is 794 g/mol. The van der Waals surface area contributed by atoms with Crippen molar-refractivity contribution in [3.05, 3.63) is 131 Å². The van der Waals surface area contributed by atoms with E-state index in [0.717, 1.165) is 25.1 Å². The molecule has 6 heteroatoms. The molecule has 0 N–H and O–H groups in total. The van der Waals surface area contributed by atoms with Gasteiger partial charge < -0.3 is 0 Å². The van der Waals surface area contributed by atoms with Crippen LogP contribution in [0.15, 0.2) is 97.2 Å². The van der Waals surface area contributed by atoms with Gasteiger partial charge in [0.05, 0.1) is 0 Å². The molecule has 4 aromatic rings. The molecule has 0 bridgehead atoms. The first kappa shape index (κ1) is 37.6. The number of ketones is 1. The number of unbranched alkanes of at least 4 members (excludes halogenated alkanes) is 3. The van der Waals surface area contributed by atoms with Crippen LogP contribution in [0.1, 0.15) is 122 Å². The van der Waals surface area contributed by atoms with Crippen molar-refractivity contribution < 1.29 is 14.3 Å². The summed E-state index contributed by atoms with van der Waals surface area (Å²) in [5.74, 6) is -0.293. The molecule has 1 unspecified atom stereocenters. The van der Waals surface area contributed by atoms with Crippen LogP contribution in [0.3, 0.4) is 0 Å². The van der Waals surface area contributed by atoms with Crippen LogP contribution in [0.2, 0.25) is 13.3 Å². The van der Waals surface area contributed by atoms with Crippen LogP contribution in [-0.4, -0.2) is 56.3 Å². The Bertz CT molecular complexity index is 1620. The Labute approximate surface area is 310 Å². The SMILES string of the molecule is CCC[CH2][Sn]([CH2]CCC)([CH2]CCC)[C@@H]1[C@H](Cn2cc(C(=O)OCC)c3c2CCCC3=O)N1C(c1ccccc1)(c1ccccc1)c1ccccc1. The zero-order valence-electron chi connectivity index (χ0n) is 31.4. The molecule has 0 saturated carbocycles. The molecule has 1 fully saturated rings. The van der Waals surface area contributed by atoms with Crippen molar-refractivity contribution in [1.82, 2.24) is 9.47 Å². The zero-order chi connectivity index (χ0) is 35.8. The third kappa shape index (κ3) is 7.40. The first-order valence-electron chi connectivity index (χ1n) is 19.8. The van der Waals surface area contributed by atoms with Crippen LogP contribution < -0.4 is 0 Å². The average Bonchev–Trinajstić information content (AvgIpc) is 3.76. The Morgan fingerprint density at radius 3 is 1.69 bits per heavy atom. The molecule has 3 aromatic carbocycles. The Balaban J connectivity index is 1.60. The second-order valence-electron chi connectivity index (χ2n) is 14.9. The van der Waals surface area contributed by atoms with Gasteiger partial charge >= 0.3 is 312 Å². The quantitative estimate of drug-likeness (QED) is 0.0436. The maximum atomic E-state index is 13.5. The molecule has 51 heavy (non-hydrogen) atoms. The summed E-state index contributed by atoms with van der Waals surface area (Å²) in [5, 5.41) is 0. The summed E-state index contributed by atoms with van der Waals surface area (Å²) in [4.78, 5) is 29.8. The van der Waals surface area contributed by atoms with Gasteiger partial charge in [-0.1, -0.05) is 0 Å². The van der Waals surface area contributed by atoms with Gasteiger partial charge in [0, 0.05) is 0 Å². The van der Waals surface area contributed by atoms with Gasteiger partial charge in [0.1, 0.15) is 0 Å². The summed E-state index contributed by atoms with van der Waals surface area (Å²) in [7, 11) is 0. The third-order valence-electron chi connectivity index (χ3n) is 11.8. The van der Waals surface area contributed by atoms with Crippen molar-refractivity contribution in [3.63, 3.8) is 0 Å². The number of carbonyl (C=O) groups is 2. The van der Waals surface area contributed by atoms with Gasteiger partial charge in [-0.3, -0.25) is 0 Å². The standard InChI is InChI=1S/C33H31N2O3.3C4H9.Sn/c1-2-38-32(37)28-23-34(29-19-12-20-30(36)31(28)29)21-27-22-35(27)33(24-13-6-3-7-14-24,25-15-8-4-9-16-25)26-17-10-5-11-18-26;3*1-3-4-2;/h3-11,13-18,22-23,27H,2,12,19-21H2,1H3;3*1,3-4H2,2H3;/t27-,35?;;;;/m0..../s1. The van der Waals surface area contributed by atoms with Gasteiger partial charge in [0.2, 0.25) is 0 Å². The van der Waals surface area contributed by atoms with E-state index in [-0.39, 0.29) is 17.8 Å². The van der Waals surface area contributed by atoms with Crippen LogP contribution in [0, 0.1) is 0 Å². The van der Waals surface area contributed by atoms with Gasteiger partial charge in [0.15, 0.2) is 0 Å². The molecule has 6 rings (SSSR count). The van der Waals surface area contributed by atoms with E-state index < -0.39 is 23.9 Å². The Morgan fingerprint density at radius 1 is 0.745 bits per heavy atom. The fourth-order valence-corrected chi connectivity index (χ4v) is 28.8. The molecule has 0 spiro atoms. The number of Topliss-reactive ketones (excluding diaryl/α,β-unsaturated/α-hetero) is 1. The molecule has 1 aromatic heterocycles. The van der Waals surface area contributed by atoms with Gasteiger partial charge in [-0.05, 0) is 0 Å². The molecule has 0 amide bonds. The van der Waals surface area contributed by atoms with E-state index in [2.05, 4.69) is 121 Å². The summed E-state index contributed by atoms with van der Waals surface area (Å²) >= 11 is -2.99. The van der Waals surface area contributed by atoms with E-state index in [4.69, 9.17) is 4.74 Å². The summed E-state index contributed by atoms with van der Waals surface area (Å²) < 4.78 is 12.6. The predicted octanol–water partition coefficient (Wildman–Crippen LogP) is 10.6. The number of hydrogen-bond acceptors (Lipinski definition) is 4. The maximum absolute atomic E-state index is 13.5. The first-order valence-corrected chi connectivity index (χ1v) is 27.5. The number of benzene rings is 3. The molecule has 5 nitrogen and oxygen atoms in total. The monoisotopic (exact) mass is 794 g/mol. The number of hydrogen-bond donors (Lipinski definition) is 0.